The van der Waals surface area contributed by atoms with Gasteiger partial charge in [-0.3, -0.25) is 9.59 Å². The van der Waals surface area contributed by atoms with Crippen LogP contribution in [0.5, 0.6) is 0 Å². The van der Waals surface area contributed by atoms with Crippen molar-refractivity contribution in [3.8, 4) is 0 Å². The van der Waals surface area contributed by atoms with Crippen LogP contribution in [0.1, 0.15) is 79.1 Å². The van der Waals surface area contributed by atoms with E-state index in [-0.39, 0.29) is 17.2 Å². The van der Waals surface area contributed by atoms with Crippen LogP contribution in [0, 0.1) is 29.1 Å². The minimum absolute atomic E-state index is 0.162. The smallest absolute Gasteiger partial charge is 0.251 e. The Bertz CT molecular complexity index is 761. The van der Waals surface area contributed by atoms with Crippen LogP contribution in [0.4, 0.5) is 5.00 Å². The van der Waals surface area contributed by atoms with Crippen molar-refractivity contribution in [2.24, 2.45) is 34.8 Å². The fourth-order valence-corrected chi connectivity index (χ4v) is 8.34. The molecule has 0 spiro atoms. The number of thiophene rings is 1. The van der Waals surface area contributed by atoms with E-state index >= 15 is 0 Å². The standard InChI is InChI=1S/C22H30N2O2S/c1-2-12-3-4-16-17(8-12)27-20(18(16)19(23)25)24-21(26)22-9-13-5-14(10-22)7-15(6-13)11-22/h12-15H,2-11H2,1H3,(H2,23,25)(H,24,26)/t12-,13?,14?,15?,22?/m0/s1. The molecule has 5 aliphatic carbocycles. The van der Waals surface area contributed by atoms with Crippen molar-refractivity contribution in [2.45, 2.75) is 71.1 Å². The molecule has 1 aromatic rings. The maximum Gasteiger partial charge on any atom is 0.251 e. The van der Waals surface area contributed by atoms with Crippen LogP contribution in [-0.4, -0.2) is 11.8 Å². The van der Waals surface area contributed by atoms with Crippen molar-refractivity contribution in [1.82, 2.24) is 0 Å². The molecule has 6 rings (SSSR count). The van der Waals surface area contributed by atoms with E-state index in [9.17, 15) is 9.59 Å². The molecule has 0 aliphatic heterocycles. The molecule has 1 heterocycles. The first-order valence-electron chi connectivity index (χ1n) is 10.7. The number of nitrogens with two attached hydrogens (primary N) is 1. The zero-order valence-corrected chi connectivity index (χ0v) is 17.0. The molecule has 2 amide bonds. The summed E-state index contributed by atoms with van der Waals surface area (Å²) in [7, 11) is 0. The molecule has 0 radical (unpaired) electrons. The number of hydrogen-bond donors (Lipinski definition) is 2. The molecule has 4 fully saturated rings. The number of rotatable bonds is 4. The second-order valence-corrected chi connectivity index (χ2v) is 10.8. The van der Waals surface area contributed by atoms with E-state index in [1.54, 1.807) is 11.3 Å². The average molecular weight is 387 g/mol. The van der Waals surface area contributed by atoms with Gasteiger partial charge in [-0.25, -0.2) is 0 Å². The van der Waals surface area contributed by atoms with E-state index < -0.39 is 0 Å². The fraction of sp³-hybridized carbons (Fsp3) is 0.727. The number of amides is 2. The zero-order valence-electron chi connectivity index (χ0n) is 16.2. The molecule has 4 saturated carbocycles. The summed E-state index contributed by atoms with van der Waals surface area (Å²) in [4.78, 5) is 26.9. The Morgan fingerprint density at radius 2 is 1.78 bits per heavy atom. The number of fused-ring (bicyclic) bond motifs is 1. The summed E-state index contributed by atoms with van der Waals surface area (Å²) >= 11 is 1.61. The third kappa shape index (κ3) is 2.84. The summed E-state index contributed by atoms with van der Waals surface area (Å²) in [5.41, 5.74) is 7.26. The average Bonchev–Trinajstić information content (AvgIpc) is 2.97. The summed E-state index contributed by atoms with van der Waals surface area (Å²) < 4.78 is 0. The van der Waals surface area contributed by atoms with Gasteiger partial charge in [-0.05, 0) is 87.0 Å². The van der Waals surface area contributed by atoms with Gasteiger partial charge in [0.15, 0.2) is 0 Å². The second kappa shape index (κ2) is 6.33. The van der Waals surface area contributed by atoms with Crippen molar-refractivity contribution in [2.75, 3.05) is 5.32 Å². The van der Waals surface area contributed by atoms with Gasteiger partial charge in [-0.1, -0.05) is 13.3 Å². The normalized spacial score (nSPS) is 36.5. The molecule has 146 valence electrons. The molecule has 3 N–H and O–H groups in total. The highest BCUT2D eigenvalue weighted by Gasteiger charge is 2.54. The predicted molar refractivity (Wildman–Crippen MR) is 108 cm³/mol. The highest BCUT2D eigenvalue weighted by molar-refractivity contribution is 7.17. The summed E-state index contributed by atoms with van der Waals surface area (Å²) in [5, 5.41) is 3.94. The van der Waals surface area contributed by atoms with E-state index in [4.69, 9.17) is 5.73 Å². The molecule has 27 heavy (non-hydrogen) atoms. The SMILES string of the molecule is CC[C@H]1CCc2c(sc(NC(=O)C34CC5CC(CC(C5)C3)C4)c2C(N)=O)C1. The summed E-state index contributed by atoms with van der Waals surface area (Å²) in [6, 6.07) is 0. The van der Waals surface area contributed by atoms with Crippen LogP contribution in [0.3, 0.4) is 0 Å². The number of carbonyl (C=O) groups excluding carboxylic acids is 2. The van der Waals surface area contributed by atoms with E-state index in [0.29, 0.717) is 11.5 Å². The lowest BCUT2D eigenvalue weighted by molar-refractivity contribution is -0.140. The maximum atomic E-state index is 13.4. The van der Waals surface area contributed by atoms with Crippen molar-refractivity contribution < 1.29 is 9.59 Å². The Morgan fingerprint density at radius 3 is 2.33 bits per heavy atom. The van der Waals surface area contributed by atoms with Crippen LogP contribution in [0.2, 0.25) is 0 Å². The highest BCUT2D eigenvalue weighted by atomic mass is 32.1. The van der Waals surface area contributed by atoms with Crippen LogP contribution >= 0.6 is 11.3 Å². The predicted octanol–water partition coefficient (Wildman–Crippen LogP) is 4.52. The van der Waals surface area contributed by atoms with Gasteiger partial charge in [0.05, 0.1) is 11.0 Å². The van der Waals surface area contributed by atoms with Gasteiger partial charge in [0.25, 0.3) is 5.91 Å². The topological polar surface area (TPSA) is 72.2 Å². The lowest BCUT2D eigenvalue weighted by atomic mass is 9.49. The van der Waals surface area contributed by atoms with Gasteiger partial charge < -0.3 is 11.1 Å². The molecule has 0 saturated heterocycles. The lowest BCUT2D eigenvalue weighted by Crippen LogP contribution is -2.51. The first kappa shape index (κ1) is 17.7. The summed E-state index contributed by atoms with van der Waals surface area (Å²) in [6.07, 6.45) is 11.3. The Labute approximate surface area is 165 Å². The van der Waals surface area contributed by atoms with Gasteiger partial charge in [-0.2, -0.15) is 0 Å². The number of primary amides is 1. The van der Waals surface area contributed by atoms with Gasteiger partial charge in [0.1, 0.15) is 5.00 Å². The van der Waals surface area contributed by atoms with E-state index in [0.717, 1.165) is 73.3 Å². The summed E-state index contributed by atoms with van der Waals surface area (Å²) in [6.45, 7) is 2.23. The number of hydrogen-bond acceptors (Lipinski definition) is 3. The Hall–Kier alpha value is -1.36. The van der Waals surface area contributed by atoms with Crippen LogP contribution in [-0.2, 0) is 17.6 Å². The zero-order chi connectivity index (χ0) is 18.8. The lowest BCUT2D eigenvalue weighted by Gasteiger charge is -2.55. The molecule has 4 nitrogen and oxygen atoms in total. The van der Waals surface area contributed by atoms with Gasteiger partial charge in [-0.15, -0.1) is 11.3 Å². The maximum absolute atomic E-state index is 13.4. The van der Waals surface area contributed by atoms with Crippen molar-refractivity contribution in [1.29, 1.82) is 0 Å². The number of carbonyl (C=O) groups is 2. The van der Waals surface area contributed by atoms with Crippen molar-refractivity contribution >= 4 is 28.2 Å². The summed E-state index contributed by atoms with van der Waals surface area (Å²) in [5.74, 6) is 2.67. The Balaban J connectivity index is 1.43. The van der Waals surface area contributed by atoms with Crippen LogP contribution < -0.4 is 11.1 Å². The van der Waals surface area contributed by atoms with E-state index in [1.165, 1.54) is 24.1 Å². The Kier molecular flexibility index (Phi) is 4.15. The van der Waals surface area contributed by atoms with E-state index in [1.807, 2.05) is 0 Å². The molecule has 1 atom stereocenters. The minimum Gasteiger partial charge on any atom is -0.365 e. The molecular formula is C22H30N2O2S. The molecule has 1 aromatic heterocycles. The van der Waals surface area contributed by atoms with Crippen LogP contribution in [0.25, 0.3) is 0 Å². The highest BCUT2D eigenvalue weighted by Crippen LogP contribution is 2.60. The van der Waals surface area contributed by atoms with Gasteiger partial charge >= 0.3 is 0 Å². The third-order valence-electron chi connectivity index (χ3n) is 7.94. The number of nitrogens with one attached hydrogen (secondary N) is 1. The molecule has 4 bridgehead atoms. The largest absolute Gasteiger partial charge is 0.365 e. The molecule has 5 aliphatic rings. The van der Waals surface area contributed by atoms with Crippen molar-refractivity contribution in [3.63, 3.8) is 0 Å². The molecule has 0 unspecified atom stereocenters. The Morgan fingerprint density at radius 1 is 1.15 bits per heavy atom. The second-order valence-electron chi connectivity index (χ2n) is 9.74. The molecular weight excluding hydrogens is 356 g/mol. The first-order valence-corrected chi connectivity index (χ1v) is 11.5. The monoisotopic (exact) mass is 386 g/mol. The molecule has 0 aromatic carbocycles. The van der Waals surface area contributed by atoms with Crippen molar-refractivity contribution in [3.05, 3.63) is 16.0 Å². The van der Waals surface area contributed by atoms with Crippen LogP contribution in [0.15, 0.2) is 0 Å². The van der Waals surface area contributed by atoms with E-state index in [2.05, 4.69) is 12.2 Å². The quantitative estimate of drug-likeness (QED) is 0.799. The van der Waals surface area contributed by atoms with Gasteiger partial charge in [0, 0.05) is 4.88 Å². The number of anilines is 1. The third-order valence-corrected chi connectivity index (χ3v) is 9.11. The van der Waals surface area contributed by atoms with Gasteiger partial charge in [0.2, 0.25) is 5.91 Å². The molecule has 5 heteroatoms. The fourth-order valence-electron chi connectivity index (χ4n) is 6.98. The minimum atomic E-state index is -0.386. The first-order chi connectivity index (χ1) is 13.0.